The van der Waals surface area contributed by atoms with Gasteiger partial charge in [0, 0.05) is 5.92 Å². The molecule has 1 fully saturated rings. The van der Waals surface area contributed by atoms with E-state index in [0.29, 0.717) is 11.8 Å². The largest absolute Gasteiger partial charge is 0.391 e. The highest BCUT2D eigenvalue weighted by Crippen LogP contribution is 2.35. The number of nitrogens with zero attached hydrogens (tertiary/aromatic N) is 2. The molecule has 4 nitrogen and oxygen atoms in total. The summed E-state index contributed by atoms with van der Waals surface area (Å²) in [7, 11) is 0. The molecule has 96 valence electrons. The molecule has 3 rings (SSSR count). The fraction of sp³-hybridized carbons (Fsp3) is 0.538. The zero-order valence-electron chi connectivity index (χ0n) is 10.4. The molecule has 2 N–H and O–H groups in total. The fourth-order valence-electron chi connectivity index (χ4n) is 2.49. The van der Waals surface area contributed by atoms with Crippen LogP contribution in [-0.2, 0) is 0 Å². The third-order valence-corrected chi connectivity index (χ3v) is 4.56. The number of rotatable bonds is 2. The minimum Gasteiger partial charge on any atom is -0.391 e. The second-order valence-corrected chi connectivity index (χ2v) is 6.23. The Kier molecular flexibility index (Phi) is 3.07. The number of aromatic nitrogens is 2. The summed E-state index contributed by atoms with van der Waals surface area (Å²) < 4.78 is 5.34. The second-order valence-electron chi connectivity index (χ2n) is 5.12. The number of nitrogens with two attached hydrogens (primary N) is 1. The maximum Gasteiger partial charge on any atom is 0.268 e. The highest BCUT2D eigenvalue weighted by atomic mass is 32.1. The first-order chi connectivity index (χ1) is 8.72. The number of anilines is 1. The summed E-state index contributed by atoms with van der Waals surface area (Å²) in [6.45, 7) is 2.31. The van der Waals surface area contributed by atoms with Gasteiger partial charge in [-0.2, -0.15) is 4.98 Å². The maximum absolute atomic E-state index is 5.71. The minimum absolute atomic E-state index is 0.469. The SMILES string of the molecule is CC1CCC(c2noc(-c3ccc(N)s3)n2)CC1. The van der Waals surface area contributed by atoms with Crippen LogP contribution in [0.5, 0.6) is 0 Å². The van der Waals surface area contributed by atoms with Crippen LogP contribution in [0.3, 0.4) is 0 Å². The van der Waals surface area contributed by atoms with Crippen LogP contribution >= 0.6 is 11.3 Å². The number of thiophene rings is 1. The van der Waals surface area contributed by atoms with Gasteiger partial charge >= 0.3 is 0 Å². The molecular weight excluding hydrogens is 246 g/mol. The molecule has 2 aromatic heterocycles. The van der Waals surface area contributed by atoms with Crippen molar-refractivity contribution >= 4 is 16.3 Å². The fourth-order valence-corrected chi connectivity index (χ4v) is 3.18. The first-order valence-corrected chi connectivity index (χ1v) is 7.23. The molecule has 2 aromatic rings. The lowest BCUT2D eigenvalue weighted by Gasteiger charge is -2.23. The van der Waals surface area contributed by atoms with Crippen LogP contribution in [-0.4, -0.2) is 10.1 Å². The van der Waals surface area contributed by atoms with Crippen molar-refractivity contribution in [1.82, 2.24) is 10.1 Å². The molecule has 0 atom stereocenters. The third kappa shape index (κ3) is 2.27. The Morgan fingerprint density at radius 2 is 2.06 bits per heavy atom. The van der Waals surface area contributed by atoms with Crippen molar-refractivity contribution in [2.75, 3.05) is 5.73 Å². The molecular formula is C13H17N3OS. The van der Waals surface area contributed by atoms with Gasteiger partial charge in [-0.15, -0.1) is 11.3 Å². The van der Waals surface area contributed by atoms with E-state index in [-0.39, 0.29) is 0 Å². The van der Waals surface area contributed by atoms with Crippen LogP contribution in [0.1, 0.15) is 44.3 Å². The Balaban J connectivity index is 1.77. The van der Waals surface area contributed by atoms with Crippen molar-refractivity contribution in [1.29, 1.82) is 0 Å². The Labute approximate surface area is 110 Å². The monoisotopic (exact) mass is 263 g/mol. The van der Waals surface area contributed by atoms with Gasteiger partial charge in [0.1, 0.15) is 0 Å². The molecule has 0 spiro atoms. The first-order valence-electron chi connectivity index (χ1n) is 6.41. The van der Waals surface area contributed by atoms with Gasteiger partial charge < -0.3 is 10.3 Å². The second kappa shape index (κ2) is 4.72. The first kappa shape index (κ1) is 11.7. The van der Waals surface area contributed by atoms with E-state index >= 15 is 0 Å². The average Bonchev–Trinajstić information content (AvgIpc) is 2.98. The van der Waals surface area contributed by atoms with Crippen LogP contribution in [0.2, 0.25) is 0 Å². The lowest BCUT2D eigenvalue weighted by molar-refractivity contribution is 0.329. The van der Waals surface area contributed by atoms with Crippen molar-refractivity contribution in [3.63, 3.8) is 0 Å². The predicted octanol–water partition coefficient (Wildman–Crippen LogP) is 3.67. The molecule has 0 aromatic carbocycles. The summed E-state index contributed by atoms with van der Waals surface area (Å²) in [5.41, 5.74) is 5.71. The molecule has 0 saturated heterocycles. The molecule has 5 heteroatoms. The topological polar surface area (TPSA) is 64.9 Å². The van der Waals surface area contributed by atoms with Gasteiger partial charge in [-0.05, 0) is 30.9 Å². The number of hydrogen-bond acceptors (Lipinski definition) is 5. The lowest BCUT2D eigenvalue weighted by Crippen LogP contribution is -2.11. The van der Waals surface area contributed by atoms with E-state index in [2.05, 4.69) is 17.1 Å². The van der Waals surface area contributed by atoms with E-state index in [9.17, 15) is 0 Å². The van der Waals surface area contributed by atoms with Gasteiger partial charge in [0.2, 0.25) is 0 Å². The van der Waals surface area contributed by atoms with E-state index < -0.39 is 0 Å². The molecule has 1 aliphatic rings. The zero-order chi connectivity index (χ0) is 12.5. The predicted molar refractivity (Wildman–Crippen MR) is 72.4 cm³/mol. The van der Waals surface area contributed by atoms with Crippen LogP contribution in [0.15, 0.2) is 16.7 Å². The molecule has 0 aliphatic heterocycles. The standard InChI is InChI=1S/C13H17N3OS/c1-8-2-4-9(5-3-8)12-15-13(17-16-12)10-6-7-11(14)18-10/h6-9H,2-5,14H2,1H3. The van der Waals surface area contributed by atoms with Gasteiger partial charge in [0.05, 0.1) is 9.88 Å². The summed E-state index contributed by atoms with van der Waals surface area (Å²) in [5, 5.41) is 4.90. The minimum atomic E-state index is 0.469. The van der Waals surface area contributed by atoms with E-state index in [1.165, 1.54) is 37.0 Å². The molecule has 0 bridgehead atoms. The zero-order valence-corrected chi connectivity index (χ0v) is 11.2. The van der Waals surface area contributed by atoms with Gasteiger partial charge in [-0.3, -0.25) is 0 Å². The smallest absolute Gasteiger partial charge is 0.268 e. The van der Waals surface area contributed by atoms with Crippen molar-refractivity contribution in [3.05, 3.63) is 18.0 Å². The van der Waals surface area contributed by atoms with Crippen molar-refractivity contribution in [2.45, 2.75) is 38.5 Å². The summed E-state index contributed by atoms with van der Waals surface area (Å²) in [5.74, 6) is 2.77. The Morgan fingerprint density at radius 1 is 1.28 bits per heavy atom. The third-order valence-electron chi connectivity index (χ3n) is 3.66. The Bertz CT molecular complexity index is 526. The summed E-state index contributed by atoms with van der Waals surface area (Å²) in [6, 6.07) is 3.80. The quantitative estimate of drug-likeness (QED) is 0.897. The Morgan fingerprint density at radius 3 is 2.72 bits per heavy atom. The molecule has 2 heterocycles. The van der Waals surface area contributed by atoms with Crippen LogP contribution in [0, 0.1) is 5.92 Å². The Hall–Kier alpha value is -1.36. The molecule has 1 aliphatic carbocycles. The van der Waals surface area contributed by atoms with Crippen molar-refractivity contribution < 1.29 is 4.52 Å². The molecule has 0 amide bonds. The highest BCUT2D eigenvalue weighted by Gasteiger charge is 2.24. The molecule has 0 radical (unpaired) electrons. The summed E-state index contributed by atoms with van der Waals surface area (Å²) in [6.07, 6.45) is 4.88. The van der Waals surface area contributed by atoms with Crippen LogP contribution in [0.25, 0.3) is 10.8 Å². The van der Waals surface area contributed by atoms with Gasteiger partial charge in [0.15, 0.2) is 5.82 Å². The maximum atomic E-state index is 5.71. The molecule has 1 saturated carbocycles. The highest BCUT2D eigenvalue weighted by molar-refractivity contribution is 7.19. The van der Waals surface area contributed by atoms with E-state index in [0.717, 1.165) is 21.6 Å². The number of nitrogen functional groups attached to an aromatic ring is 1. The van der Waals surface area contributed by atoms with Gasteiger partial charge in [-0.1, -0.05) is 24.9 Å². The number of hydrogen-bond donors (Lipinski definition) is 1. The van der Waals surface area contributed by atoms with Gasteiger partial charge in [-0.25, -0.2) is 0 Å². The van der Waals surface area contributed by atoms with Gasteiger partial charge in [0.25, 0.3) is 5.89 Å². The summed E-state index contributed by atoms with van der Waals surface area (Å²) >= 11 is 1.48. The van der Waals surface area contributed by atoms with E-state index in [1.807, 2.05) is 12.1 Å². The normalized spacial score (nSPS) is 24.3. The van der Waals surface area contributed by atoms with E-state index in [4.69, 9.17) is 10.3 Å². The lowest BCUT2D eigenvalue weighted by atomic mass is 9.83. The molecule has 18 heavy (non-hydrogen) atoms. The van der Waals surface area contributed by atoms with Crippen molar-refractivity contribution in [2.24, 2.45) is 5.92 Å². The molecule has 0 unspecified atom stereocenters. The van der Waals surface area contributed by atoms with Crippen LogP contribution in [0.4, 0.5) is 5.00 Å². The van der Waals surface area contributed by atoms with Crippen molar-refractivity contribution in [3.8, 4) is 10.8 Å². The summed E-state index contributed by atoms with van der Waals surface area (Å²) in [4.78, 5) is 5.47. The average molecular weight is 263 g/mol. The van der Waals surface area contributed by atoms with E-state index in [1.54, 1.807) is 0 Å². The van der Waals surface area contributed by atoms with Crippen LogP contribution < -0.4 is 5.73 Å².